The van der Waals surface area contributed by atoms with Crippen LogP contribution in [0.25, 0.3) is 0 Å². The Bertz CT molecular complexity index is 629. The van der Waals surface area contributed by atoms with Crippen LogP contribution in [-0.2, 0) is 20.0 Å². The monoisotopic (exact) mass is 306 g/mol. The van der Waals surface area contributed by atoms with Crippen molar-refractivity contribution in [1.82, 2.24) is 0 Å². The van der Waals surface area contributed by atoms with Crippen LogP contribution in [0, 0.1) is 5.92 Å². The minimum atomic E-state index is -3.03. The third-order valence-electron chi connectivity index (χ3n) is 5.15. The van der Waals surface area contributed by atoms with Gasteiger partial charge in [-0.3, -0.25) is 4.79 Å². The summed E-state index contributed by atoms with van der Waals surface area (Å²) in [6.45, 7) is 0. The average Bonchev–Trinajstić information content (AvgIpc) is 3.28. The number of benzene rings is 1. The van der Waals surface area contributed by atoms with E-state index in [4.69, 9.17) is 0 Å². The molecule has 0 aliphatic heterocycles. The van der Waals surface area contributed by atoms with E-state index in [-0.39, 0.29) is 22.4 Å². The van der Waals surface area contributed by atoms with Gasteiger partial charge in [-0.25, -0.2) is 8.42 Å². The molecule has 2 aliphatic carbocycles. The molecule has 2 saturated carbocycles. The van der Waals surface area contributed by atoms with E-state index in [1.807, 2.05) is 30.3 Å². The van der Waals surface area contributed by atoms with Crippen LogP contribution < -0.4 is 0 Å². The molecule has 3 nitrogen and oxygen atoms in total. The molecule has 114 valence electrons. The summed E-state index contributed by atoms with van der Waals surface area (Å²) in [5.74, 6) is 0.197. The van der Waals surface area contributed by atoms with Gasteiger partial charge in [-0.15, -0.1) is 0 Å². The zero-order chi connectivity index (χ0) is 15.1. The zero-order valence-corrected chi connectivity index (χ0v) is 13.2. The SMILES string of the molecule is CS(=O)(=O)C1CCCC(C(=O)C2(c3ccccc3)CC2)C1. The Morgan fingerprint density at radius 3 is 2.38 bits per heavy atom. The first-order valence-electron chi connectivity index (χ1n) is 7.72. The van der Waals surface area contributed by atoms with Crippen LogP contribution in [0.1, 0.15) is 44.1 Å². The lowest BCUT2D eigenvalue weighted by molar-refractivity contribution is -0.126. The zero-order valence-electron chi connectivity index (χ0n) is 12.4. The first kappa shape index (κ1) is 14.8. The van der Waals surface area contributed by atoms with E-state index >= 15 is 0 Å². The van der Waals surface area contributed by atoms with Crippen molar-refractivity contribution < 1.29 is 13.2 Å². The molecule has 0 saturated heterocycles. The highest BCUT2D eigenvalue weighted by Crippen LogP contribution is 2.52. The molecule has 0 amide bonds. The number of carbonyl (C=O) groups is 1. The normalized spacial score (nSPS) is 28.0. The average molecular weight is 306 g/mol. The molecule has 1 aromatic rings. The van der Waals surface area contributed by atoms with Crippen LogP contribution in [0.4, 0.5) is 0 Å². The van der Waals surface area contributed by atoms with Crippen LogP contribution in [0.3, 0.4) is 0 Å². The molecule has 21 heavy (non-hydrogen) atoms. The van der Waals surface area contributed by atoms with Gasteiger partial charge in [0.15, 0.2) is 0 Å². The second-order valence-electron chi connectivity index (χ2n) is 6.63. The molecule has 2 atom stereocenters. The van der Waals surface area contributed by atoms with Crippen molar-refractivity contribution in [1.29, 1.82) is 0 Å². The number of hydrogen-bond donors (Lipinski definition) is 0. The molecule has 2 fully saturated rings. The van der Waals surface area contributed by atoms with Gasteiger partial charge in [0, 0.05) is 12.2 Å². The maximum atomic E-state index is 13.0. The highest BCUT2D eigenvalue weighted by Gasteiger charge is 2.53. The summed E-state index contributed by atoms with van der Waals surface area (Å²) in [7, 11) is -3.03. The predicted octanol–water partition coefficient (Wildman–Crippen LogP) is 2.89. The fourth-order valence-electron chi connectivity index (χ4n) is 3.72. The smallest absolute Gasteiger partial charge is 0.150 e. The van der Waals surface area contributed by atoms with Crippen LogP contribution in [0.15, 0.2) is 30.3 Å². The predicted molar refractivity (Wildman–Crippen MR) is 83.0 cm³/mol. The highest BCUT2D eigenvalue weighted by molar-refractivity contribution is 7.91. The number of rotatable bonds is 4. The van der Waals surface area contributed by atoms with Crippen molar-refractivity contribution in [2.75, 3.05) is 6.26 Å². The molecule has 2 aliphatic rings. The van der Waals surface area contributed by atoms with Crippen molar-refractivity contribution >= 4 is 15.6 Å². The molecule has 2 unspecified atom stereocenters. The number of hydrogen-bond acceptors (Lipinski definition) is 3. The van der Waals surface area contributed by atoms with Gasteiger partial charge in [0.05, 0.1) is 10.7 Å². The van der Waals surface area contributed by atoms with Crippen LogP contribution in [0.5, 0.6) is 0 Å². The summed E-state index contributed by atoms with van der Waals surface area (Å²) in [5, 5.41) is -0.327. The Morgan fingerprint density at radius 2 is 1.81 bits per heavy atom. The molecule has 0 spiro atoms. The van der Waals surface area contributed by atoms with E-state index in [2.05, 4.69) is 0 Å². The number of Topliss-reactive ketones (excluding diaryl/α,β-unsaturated/α-hetero) is 1. The molecule has 4 heteroatoms. The molecule has 1 aromatic carbocycles. The molecule has 0 N–H and O–H groups in total. The van der Waals surface area contributed by atoms with Crippen LogP contribution >= 0.6 is 0 Å². The number of sulfone groups is 1. The maximum Gasteiger partial charge on any atom is 0.150 e. The van der Waals surface area contributed by atoms with E-state index in [1.54, 1.807) is 0 Å². The molecule has 0 heterocycles. The summed E-state index contributed by atoms with van der Waals surface area (Å²) < 4.78 is 23.6. The topological polar surface area (TPSA) is 51.2 Å². The Morgan fingerprint density at radius 1 is 1.14 bits per heavy atom. The van der Waals surface area contributed by atoms with Crippen molar-refractivity contribution in [2.45, 2.75) is 49.2 Å². The molecule has 3 rings (SSSR count). The Hall–Kier alpha value is -1.16. The Labute approximate surface area is 126 Å². The quantitative estimate of drug-likeness (QED) is 0.859. The third-order valence-corrected chi connectivity index (χ3v) is 6.79. The fourth-order valence-corrected chi connectivity index (χ4v) is 4.90. The van der Waals surface area contributed by atoms with E-state index in [0.29, 0.717) is 12.8 Å². The largest absolute Gasteiger partial charge is 0.298 e. The van der Waals surface area contributed by atoms with E-state index < -0.39 is 9.84 Å². The molecule has 0 bridgehead atoms. The highest BCUT2D eigenvalue weighted by atomic mass is 32.2. The summed E-state index contributed by atoms with van der Waals surface area (Å²) >= 11 is 0. The summed E-state index contributed by atoms with van der Waals surface area (Å²) in [6.07, 6.45) is 6.05. The standard InChI is InChI=1S/C17H22O3S/c1-21(19,20)15-9-5-6-13(12-15)16(18)17(10-11-17)14-7-3-2-4-8-14/h2-4,7-8,13,15H,5-6,9-12H2,1H3. The van der Waals surface area contributed by atoms with Gasteiger partial charge in [-0.1, -0.05) is 36.8 Å². The second kappa shape index (κ2) is 5.24. The van der Waals surface area contributed by atoms with E-state index in [0.717, 1.165) is 31.2 Å². The Kier molecular flexibility index (Phi) is 3.68. The van der Waals surface area contributed by atoms with Crippen molar-refractivity contribution in [3.63, 3.8) is 0 Å². The first-order chi connectivity index (χ1) is 9.93. The molecule has 0 radical (unpaired) electrons. The van der Waals surface area contributed by atoms with Gasteiger partial charge >= 0.3 is 0 Å². The molecular formula is C17H22O3S. The minimum Gasteiger partial charge on any atom is -0.298 e. The van der Waals surface area contributed by atoms with Gasteiger partial charge in [0.2, 0.25) is 0 Å². The van der Waals surface area contributed by atoms with Crippen LogP contribution in [-0.4, -0.2) is 25.7 Å². The fraction of sp³-hybridized carbons (Fsp3) is 0.588. The molecule has 0 aromatic heterocycles. The van der Waals surface area contributed by atoms with Crippen molar-refractivity contribution in [2.24, 2.45) is 5.92 Å². The Balaban J connectivity index is 1.80. The van der Waals surface area contributed by atoms with Gasteiger partial charge in [0.1, 0.15) is 15.6 Å². The third kappa shape index (κ3) is 2.78. The van der Waals surface area contributed by atoms with Crippen molar-refractivity contribution in [3.8, 4) is 0 Å². The second-order valence-corrected chi connectivity index (χ2v) is 8.95. The lowest BCUT2D eigenvalue weighted by Gasteiger charge is -2.30. The van der Waals surface area contributed by atoms with E-state index in [9.17, 15) is 13.2 Å². The summed E-state index contributed by atoms with van der Waals surface area (Å²) in [6, 6.07) is 9.97. The first-order valence-corrected chi connectivity index (χ1v) is 9.68. The minimum absolute atomic E-state index is 0.0822. The van der Waals surface area contributed by atoms with E-state index in [1.165, 1.54) is 6.26 Å². The number of carbonyl (C=O) groups excluding carboxylic acids is 1. The van der Waals surface area contributed by atoms with Gasteiger partial charge in [-0.05, 0) is 37.7 Å². The van der Waals surface area contributed by atoms with Gasteiger partial charge in [-0.2, -0.15) is 0 Å². The van der Waals surface area contributed by atoms with Crippen molar-refractivity contribution in [3.05, 3.63) is 35.9 Å². The number of ketones is 1. The van der Waals surface area contributed by atoms with Gasteiger partial charge < -0.3 is 0 Å². The summed E-state index contributed by atoms with van der Waals surface area (Å²) in [5.41, 5.74) is 0.794. The van der Waals surface area contributed by atoms with Crippen LogP contribution in [0.2, 0.25) is 0 Å². The van der Waals surface area contributed by atoms with Gasteiger partial charge in [0.25, 0.3) is 0 Å². The summed E-state index contributed by atoms with van der Waals surface area (Å²) in [4.78, 5) is 13.0. The lowest BCUT2D eigenvalue weighted by atomic mass is 9.77. The maximum absolute atomic E-state index is 13.0. The lowest BCUT2D eigenvalue weighted by Crippen LogP contribution is -2.36. The molecular weight excluding hydrogens is 284 g/mol.